The maximum Gasteiger partial charge on any atom is 0.427 e. The molecule has 18 heavy (non-hydrogen) atoms. The fourth-order valence-corrected chi connectivity index (χ4v) is 1.19. The molecule has 0 bridgehead atoms. The number of nitro benzene ring substituents is 1. The highest BCUT2D eigenvalue weighted by atomic mass is 16.6. The van der Waals surface area contributed by atoms with Crippen LogP contribution in [0.2, 0.25) is 0 Å². The molecule has 0 fully saturated rings. The molecule has 0 spiro atoms. The van der Waals surface area contributed by atoms with Crippen LogP contribution in [0.3, 0.4) is 0 Å². The molecule has 0 saturated heterocycles. The van der Waals surface area contributed by atoms with Crippen LogP contribution >= 0.6 is 0 Å². The molecule has 1 rings (SSSR count). The number of methoxy groups -OCH3 is 1. The number of carbonyl (C=O) groups excluding carboxylic acids is 1. The van der Waals surface area contributed by atoms with Crippen molar-refractivity contribution < 1.29 is 19.6 Å². The van der Waals surface area contributed by atoms with Gasteiger partial charge in [0.25, 0.3) is 5.69 Å². The second-order valence-electron chi connectivity index (χ2n) is 3.32. The van der Waals surface area contributed by atoms with E-state index in [1.165, 1.54) is 20.1 Å². The fourth-order valence-electron chi connectivity index (χ4n) is 1.19. The summed E-state index contributed by atoms with van der Waals surface area (Å²) >= 11 is 0. The van der Waals surface area contributed by atoms with Gasteiger partial charge in [-0.15, -0.1) is 0 Å². The summed E-state index contributed by atoms with van der Waals surface area (Å²) in [5.74, 6) is -0.143. The van der Waals surface area contributed by atoms with E-state index in [1.54, 1.807) is 0 Å². The Hall–Kier alpha value is -2.64. The number of aryl methyl sites for hydroxylation is 1. The van der Waals surface area contributed by atoms with Gasteiger partial charge in [0.1, 0.15) is 5.75 Å². The number of carbonyl (C=O) groups is 1. The highest BCUT2D eigenvalue weighted by molar-refractivity contribution is 5.86. The smallest absolute Gasteiger partial charge is 0.427 e. The quantitative estimate of drug-likeness (QED) is 0.478. The molecule has 0 heterocycles. The highest BCUT2D eigenvalue weighted by Crippen LogP contribution is 2.26. The number of ether oxygens (including phenoxy) is 1. The van der Waals surface area contributed by atoms with Crippen molar-refractivity contribution in [3.8, 4) is 5.75 Å². The normalized spacial score (nSPS) is 10.3. The van der Waals surface area contributed by atoms with Crippen LogP contribution in [0.4, 0.5) is 10.5 Å². The lowest BCUT2D eigenvalue weighted by Gasteiger charge is -2.03. The number of hydrogen-bond acceptors (Lipinski definition) is 6. The molecule has 0 saturated carbocycles. The Kier molecular flexibility index (Phi) is 4.19. The van der Waals surface area contributed by atoms with Crippen LogP contribution in [0.15, 0.2) is 17.2 Å². The van der Waals surface area contributed by atoms with Gasteiger partial charge >= 0.3 is 6.09 Å². The van der Waals surface area contributed by atoms with Crippen LogP contribution in [-0.4, -0.2) is 29.4 Å². The Balaban J connectivity index is 3.01. The van der Waals surface area contributed by atoms with Crippen LogP contribution in [0, 0.1) is 17.0 Å². The van der Waals surface area contributed by atoms with Crippen molar-refractivity contribution in [1.82, 2.24) is 5.43 Å². The number of hydrazone groups is 1. The van der Waals surface area contributed by atoms with Crippen molar-refractivity contribution in [1.29, 1.82) is 0 Å². The molecular weight excluding hydrogens is 242 g/mol. The van der Waals surface area contributed by atoms with Gasteiger partial charge in [0, 0.05) is 17.7 Å². The van der Waals surface area contributed by atoms with E-state index in [-0.39, 0.29) is 17.0 Å². The van der Waals surface area contributed by atoms with E-state index in [9.17, 15) is 20.0 Å². The molecule has 1 aromatic rings. The number of nitrogens with zero attached hydrogens (tertiary/aromatic N) is 2. The molecule has 8 nitrogen and oxygen atoms in total. The summed E-state index contributed by atoms with van der Waals surface area (Å²) in [5, 5.41) is 23.8. The van der Waals surface area contributed by atoms with Gasteiger partial charge in [-0.2, -0.15) is 5.10 Å². The third kappa shape index (κ3) is 3.17. The Labute approximate surface area is 102 Å². The van der Waals surface area contributed by atoms with Crippen LogP contribution in [0.25, 0.3) is 0 Å². The van der Waals surface area contributed by atoms with Crippen molar-refractivity contribution in [3.63, 3.8) is 0 Å². The fraction of sp³-hybridized carbons (Fsp3) is 0.200. The summed E-state index contributed by atoms with van der Waals surface area (Å²) in [6.07, 6.45) is 0.305. The zero-order chi connectivity index (χ0) is 13.7. The standard InChI is InChI=1S/C10H11N3O5/c1-6-3-8(13(16)17)4-7(9(6)14)5-11-12-10(15)18-2/h3-5,14H,1-2H3,(H,12,15). The maximum atomic E-state index is 10.7. The van der Waals surface area contributed by atoms with Crippen LogP contribution in [0.5, 0.6) is 5.75 Å². The van der Waals surface area contributed by atoms with Crippen LogP contribution in [0.1, 0.15) is 11.1 Å². The molecule has 0 unspecified atom stereocenters. The second kappa shape index (κ2) is 5.62. The van der Waals surface area contributed by atoms with E-state index in [0.717, 1.165) is 12.3 Å². The predicted octanol–water partition coefficient (Wildman–Crippen LogP) is 1.30. The largest absolute Gasteiger partial charge is 0.507 e. The number of amides is 1. The van der Waals surface area contributed by atoms with E-state index in [0.29, 0.717) is 5.56 Å². The lowest BCUT2D eigenvalue weighted by atomic mass is 10.1. The molecule has 2 N–H and O–H groups in total. The monoisotopic (exact) mass is 253 g/mol. The predicted molar refractivity (Wildman–Crippen MR) is 62.6 cm³/mol. The number of benzene rings is 1. The number of rotatable bonds is 3. The lowest BCUT2D eigenvalue weighted by molar-refractivity contribution is -0.384. The molecule has 0 radical (unpaired) electrons. The zero-order valence-corrected chi connectivity index (χ0v) is 9.71. The van der Waals surface area contributed by atoms with Crippen molar-refractivity contribution in [2.45, 2.75) is 6.92 Å². The van der Waals surface area contributed by atoms with Crippen molar-refractivity contribution in [2.24, 2.45) is 5.10 Å². The number of nitrogens with one attached hydrogen (secondary N) is 1. The second-order valence-corrected chi connectivity index (χ2v) is 3.32. The molecule has 1 amide bonds. The lowest BCUT2D eigenvalue weighted by Crippen LogP contribution is -2.16. The molecular formula is C10H11N3O5. The first-order valence-electron chi connectivity index (χ1n) is 4.80. The third-order valence-electron chi connectivity index (χ3n) is 2.07. The minimum atomic E-state index is -0.784. The number of hydrogen-bond donors (Lipinski definition) is 2. The first kappa shape index (κ1) is 13.4. The van der Waals surface area contributed by atoms with E-state index < -0.39 is 11.0 Å². The first-order valence-corrected chi connectivity index (χ1v) is 4.80. The first-order chi connectivity index (χ1) is 8.45. The minimum Gasteiger partial charge on any atom is -0.507 e. The summed E-state index contributed by atoms with van der Waals surface area (Å²) in [5.41, 5.74) is 2.29. The van der Waals surface area contributed by atoms with Crippen molar-refractivity contribution in [3.05, 3.63) is 33.4 Å². The average molecular weight is 253 g/mol. The number of phenols is 1. The number of aromatic hydroxyl groups is 1. The third-order valence-corrected chi connectivity index (χ3v) is 2.07. The summed E-state index contributed by atoms with van der Waals surface area (Å²) in [6.45, 7) is 1.52. The molecule has 0 aliphatic rings. The van der Waals surface area contributed by atoms with E-state index in [2.05, 4.69) is 9.84 Å². The Morgan fingerprint density at radius 1 is 1.61 bits per heavy atom. The molecule has 0 atom stereocenters. The van der Waals surface area contributed by atoms with Gasteiger partial charge in [-0.05, 0) is 12.5 Å². The van der Waals surface area contributed by atoms with Gasteiger partial charge in [-0.3, -0.25) is 10.1 Å². The number of nitro groups is 1. The highest BCUT2D eigenvalue weighted by Gasteiger charge is 2.12. The summed E-state index contributed by atoms with van der Waals surface area (Å²) < 4.78 is 4.27. The van der Waals surface area contributed by atoms with Gasteiger partial charge < -0.3 is 9.84 Å². The van der Waals surface area contributed by atoms with Gasteiger partial charge in [-0.25, -0.2) is 10.2 Å². The van der Waals surface area contributed by atoms with E-state index >= 15 is 0 Å². The van der Waals surface area contributed by atoms with Gasteiger partial charge in [0.2, 0.25) is 0 Å². The van der Waals surface area contributed by atoms with Gasteiger partial charge in [-0.1, -0.05) is 0 Å². The van der Waals surface area contributed by atoms with Crippen molar-refractivity contribution >= 4 is 18.0 Å². The zero-order valence-electron chi connectivity index (χ0n) is 9.71. The molecule has 0 aliphatic heterocycles. The SMILES string of the molecule is COC(=O)NN=Cc1cc([N+](=O)[O-])cc(C)c1O. The molecule has 1 aromatic carbocycles. The Morgan fingerprint density at radius 3 is 2.83 bits per heavy atom. The average Bonchev–Trinajstić information content (AvgIpc) is 2.33. The Morgan fingerprint density at radius 2 is 2.28 bits per heavy atom. The summed E-state index contributed by atoms with van der Waals surface area (Å²) in [4.78, 5) is 20.8. The number of phenolic OH excluding ortho intramolecular Hbond substituents is 1. The van der Waals surface area contributed by atoms with Crippen molar-refractivity contribution in [2.75, 3.05) is 7.11 Å². The minimum absolute atomic E-state index is 0.123. The summed E-state index contributed by atoms with van der Waals surface area (Å²) in [6, 6.07) is 2.38. The van der Waals surface area contributed by atoms with E-state index in [1.807, 2.05) is 5.43 Å². The molecule has 8 heteroatoms. The number of non-ortho nitro benzene ring substituents is 1. The topological polar surface area (TPSA) is 114 Å². The van der Waals surface area contributed by atoms with Gasteiger partial charge in [0.05, 0.1) is 18.2 Å². The molecule has 96 valence electrons. The van der Waals surface area contributed by atoms with Crippen LogP contribution in [-0.2, 0) is 4.74 Å². The Bertz CT molecular complexity index is 512. The maximum absolute atomic E-state index is 10.7. The molecule has 0 aromatic heterocycles. The molecule has 0 aliphatic carbocycles. The van der Waals surface area contributed by atoms with Gasteiger partial charge in [0.15, 0.2) is 0 Å². The van der Waals surface area contributed by atoms with E-state index in [4.69, 9.17) is 0 Å². The van der Waals surface area contributed by atoms with Crippen LogP contribution < -0.4 is 5.43 Å². The summed E-state index contributed by atoms with van der Waals surface area (Å²) in [7, 11) is 1.17.